The second-order valence-corrected chi connectivity index (χ2v) is 6.62. The molecule has 1 fully saturated rings. The summed E-state index contributed by atoms with van der Waals surface area (Å²) in [5.74, 6) is 1.97. The van der Waals surface area contributed by atoms with E-state index >= 15 is 0 Å². The first-order chi connectivity index (χ1) is 9.95. The molecule has 1 aliphatic rings. The Morgan fingerprint density at radius 3 is 1.95 bits per heavy atom. The molecule has 0 amide bonds. The molecule has 0 unspecified atom stereocenters. The Morgan fingerprint density at radius 1 is 1.14 bits per heavy atom. The van der Waals surface area contributed by atoms with Crippen LogP contribution >= 0.6 is 11.6 Å². The van der Waals surface area contributed by atoms with Gasteiger partial charge in [0.05, 0.1) is 0 Å². The third kappa shape index (κ3) is 13.9. The maximum absolute atomic E-state index is 5.54. The normalized spacial score (nSPS) is 20.4. The van der Waals surface area contributed by atoms with Gasteiger partial charge in [-0.25, -0.2) is 0 Å². The molecule has 0 heterocycles. The minimum Gasteiger partial charge on any atom is -0.319 e. The Labute approximate surface area is 136 Å². The Bertz CT molecular complexity index is 349. The number of benzene rings is 1. The quantitative estimate of drug-likeness (QED) is 0.665. The van der Waals surface area contributed by atoms with Crippen molar-refractivity contribution in [3.63, 3.8) is 0 Å². The minimum atomic E-state index is 0.794. The third-order valence-corrected chi connectivity index (χ3v) is 3.61. The van der Waals surface area contributed by atoms with Gasteiger partial charge in [-0.2, -0.15) is 0 Å². The van der Waals surface area contributed by atoms with Crippen molar-refractivity contribution in [3.05, 3.63) is 47.5 Å². The zero-order valence-electron chi connectivity index (χ0n) is 14.2. The zero-order chi connectivity index (χ0) is 16.1. The van der Waals surface area contributed by atoms with Gasteiger partial charge < -0.3 is 5.32 Å². The van der Waals surface area contributed by atoms with E-state index in [1.54, 1.807) is 0 Å². The van der Waals surface area contributed by atoms with Gasteiger partial charge in [0.25, 0.3) is 0 Å². The highest BCUT2D eigenvalue weighted by Gasteiger charge is 2.16. The fourth-order valence-corrected chi connectivity index (χ4v) is 2.38. The molecule has 2 heteroatoms. The molecular weight excluding hydrogens is 278 g/mol. The van der Waals surface area contributed by atoms with E-state index in [2.05, 4.69) is 25.9 Å². The van der Waals surface area contributed by atoms with Gasteiger partial charge in [-0.1, -0.05) is 55.1 Å². The van der Waals surface area contributed by atoms with E-state index in [4.69, 9.17) is 11.6 Å². The van der Waals surface area contributed by atoms with E-state index in [0.717, 1.165) is 16.9 Å². The maximum atomic E-state index is 5.54. The Morgan fingerprint density at radius 2 is 1.62 bits per heavy atom. The summed E-state index contributed by atoms with van der Waals surface area (Å²) in [4.78, 5) is 0. The maximum Gasteiger partial charge on any atom is 0.0405 e. The number of rotatable bonds is 2. The summed E-state index contributed by atoms with van der Waals surface area (Å²) in [7, 11) is 2.05. The molecule has 1 aromatic carbocycles. The van der Waals surface area contributed by atoms with Crippen LogP contribution in [0.25, 0.3) is 0 Å². The summed E-state index contributed by atoms with van der Waals surface area (Å²) in [6.07, 6.45) is 5.79. The van der Waals surface area contributed by atoms with Crippen molar-refractivity contribution in [2.24, 2.45) is 11.8 Å². The molecule has 1 saturated carbocycles. The summed E-state index contributed by atoms with van der Waals surface area (Å²) in [6.45, 7) is 11.1. The molecule has 0 radical (unpaired) electrons. The lowest BCUT2D eigenvalue weighted by Crippen LogP contribution is -2.22. The SMILES string of the molecule is C=C(C)C.CNCC1CCC(C)CC1.Clc1ccccc1. The van der Waals surface area contributed by atoms with Crippen LogP contribution in [-0.2, 0) is 0 Å². The number of halogens is 1. The van der Waals surface area contributed by atoms with E-state index in [1.165, 1.54) is 37.8 Å². The lowest BCUT2D eigenvalue weighted by atomic mass is 9.83. The molecule has 1 aliphatic carbocycles. The van der Waals surface area contributed by atoms with E-state index in [-0.39, 0.29) is 0 Å². The topological polar surface area (TPSA) is 12.0 Å². The van der Waals surface area contributed by atoms with Gasteiger partial charge in [-0.3, -0.25) is 0 Å². The van der Waals surface area contributed by atoms with Crippen molar-refractivity contribution in [1.29, 1.82) is 0 Å². The fourth-order valence-electron chi connectivity index (χ4n) is 2.24. The average Bonchev–Trinajstić information content (AvgIpc) is 2.43. The highest BCUT2D eigenvalue weighted by molar-refractivity contribution is 6.30. The van der Waals surface area contributed by atoms with E-state index in [9.17, 15) is 0 Å². The molecule has 21 heavy (non-hydrogen) atoms. The first-order valence-corrected chi connectivity index (χ1v) is 8.30. The van der Waals surface area contributed by atoms with Crippen LogP contribution < -0.4 is 5.32 Å². The molecule has 1 aromatic rings. The van der Waals surface area contributed by atoms with Crippen LogP contribution in [0.2, 0.25) is 5.02 Å². The fraction of sp³-hybridized carbons (Fsp3) is 0.579. The van der Waals surface area contributed by atoms with Gasteiger partial charge in [-0.05, 0) is 64.3 Å². The van der Waals surface area contributed by atoms with Crippen LogP contribution in [0.4, 0.5) is 0 Å². The van der Waals surface area contributed by atoms with Crippen LogP contribution in [-0.4, -0.2) is 13.6 Å². The van der Waals surface area contributed by atoms with Gasteiger partial charge in [0, 0.05) is 5.02 Å². The predicted molar refractivity (Wildman–Crippen MR) is 97.0 cm³/mol. The molecule has 0 aromatic heterocycles. The summed E-state index contributed by atoms with van der Waals surface area (Å²) < 4.78 is 0. The molecule has 120 valence electrons. The summed E-state index contributed by atoms with van der Waals surface area (Å²) >= 11 is 5.54. The van der Waals surface area contributed by atoms with Gasteiger partial charge in [0.15, 0.2) is 0 Å². The second-order valence-electron chi connectivity index (χ2n) is 6.19. The standard InChI is InChI=1S/C9H19N.C6H5Cl.C4H8/c1-8-3-5-9(6-4-8)7-10-2;7-6-4-2-1-3-5-6;1-4(2)3/h8-10H,3-7H2,1-2H3;1-5H;1H2,2-3H3. The molecule has 1 nitrogen and oxygen atoms in total. The molecule has 0 aliphatic heterocycles. The average molecular weight is 310 g/mol. The highest BCUT2D eigenvalue weighted by Crippen LogP contribution is 2.27. The van der Waals surface area contributed by atoms with Crippen molar-refractivity contribution in [3.8, 4) is 0 Å². The monoisotopic (exact) mass is 309 g/mol. The van der Waals surface area contributed by atoms with Crippen molar-refractivity contribution < 1.29 is 0 Å². The summed E-state index contributed by atoms with van der Waals surface area (Å²) in [5.41, 5.74) is 1.17. The van der Waals surface area contributed by atoms with Crippen molar-refractivity contribution in [1.82, 2.24) is 5.32 Å². The van der Waals surface area contributed by atoms with Crippen molar-refractivity contribution in [2.75, 3.05) is 13.6 Å². The van der Waals surface area contributed by atoms with Gasteiger partial charge in [0.1, 0.15) is 0 Å². The van der Waals surface area contributed by atoms with Gasteiger partial charge in [-0.15, -0.1) is 6.58 Å². The lowest BCUT2D eigenvalue weighted by molar-refractivity contribution is 0.286. The van der Waals surface area contributed by atoms with Crippen LogP contribution in [0.15, 0.2) is 42.5 Å². The first kappa shape index (κ1) is 20.2. The Kier molecular flexibility index (Phi) is 12.4. The number of allylic oxidation sites excluding steroid dienone is 1. The molecule has 0 atom stereocenters. The number of hydrogen-bond donors (Lipinski definition) is 1. The molecular formula is C19H32ClN. The van der Waals surface area contributed by atoms with E-state index in [1.807, 2.05) is 44.2 Å². The van der Waals surface area contributed by atoms with Crippen molar-refractivity contribution >= 4 is 11.6 Å². The summed E-state index contributed by atoms with van der Waals surface area (Å²) in [5, 5.41) is 4.05. The van der Waals surface area contributed by atoms with Crippen LogP contribution in [0.1, 0.15) is 46.5 Å². The highest BCUT2D eigenvalue weighted by atomic mass is 35.5. The lowest BCUT2D eigenvalue weighted by Gasteiger charge is -2.25. The van der Waals surface area contributed by atoms with Crippen LogP contribution in [0, 0.1) is 11.8 Å². The molecule has 0 saturated heterocycles. The first-order valence-electron chi connectivity index (χ1n) is 7.93. The predicted octanol–water partition coefficient (Wildman–Crippen LogP) is 5.95. The minimum absolute atomic E-state index is 0.794. The third-order valence-electron chi connectivity index (χ3n) is 3.36. The summed E-state index contributed by atoms with van der Waals surface area (Å²) in [6, 6.07) is 9.44. The Balaban J connectivity index is 0.000000317. The number of hydrogen-bond acceptors (Lipinski definition) is 1. The Hall–Kier alpha value is -0.790. The largest absolute Gasteiger partial charge is 0.319 e. The van der Waals surface area contributed by atoms with Crippen LogP contribution in [0.5, 0.6) is 0 Å². The molecule has 0 bridgehead atoms. The number of nitrogens with one attached hydrogen (secondary N) is 1. The second kappa shape index (κ2) is 12.9. The van der Waals surface area contributed by atoms with Gasteiger partial charge in [0.2, 0.25) is 0 Å². The zero-order valence-corrected chi connectivity index (χ0v) is 14.9. The van der Waals surface area contributed by atoms with Gasteiger partial charge >= 0.3 is 0 Å². The van der Waals surface area contributed by atoms with E-state index in [0.29, 0.717) is 0 Å². The molecule has 1 N–H and O–H groups in total. The molecule has 0 spiro atoms. The van der Waals surface area contributed by atoms with E-state index < -0.39 is 0 Å². The smallest absolute Gasteiger partial charge is 0.0405 e. The van der Waals surface area contributed by atoms with Crippen molar-refractivity contribution in [2.45, 2.75) is 46.5 Å². The van der Waals surface area contributed by atoms with Crippen LogP contribution in [0.3, 0.4) is 0 Å². The molecule has 2 rings (SSSR count).